The lowest BCUT2D eigenvalue weighted by molar-refractivity contribution is 0.0517. The van der Waals surface area contributed by atoms with Crippen LogP contribution in [0.4, 0.5) is 8.78 Å². The number of alkyl halides is 2. The summed E-state index contributed by atoms with van der Waals surface area (Å²) in [6.45, 7) is -1.37. The highest BCUT2D eigenvalue weighted by molar-refractivity contribution is 5.86. The Kier molecular flexibility index (Phi) is 2.12. The van der Waals surface area contributed by atoms with E-state index in [1.165, 1.54) is 13.0 Å². The van der Waals surface area contributed by atoms with E-state index >= 15 is 0 Å². The number of carboxylic acids is 1. The van der Waals surface area contributed by atoms with E-state index in [1.54, 1.807) is 0 Å². The number of carbonyl (C=O) groups is 1. The molecule has 0 amide bonds. The minimum Gasteiger partial charge on any atom is -0.477 e. The normalized spacial score (nSPS) is 10.7. The maximum atomic E-state index is 12.2. The first-order valence-electron chi connectivity index (χ1n) is 3.23. The summed E-state index contributed by atoms with van der Waals surface area (Å²) in [5.41, 5.74) is -0.148. The van der Waals surface area contributed by atoms with Gasteiger partial charge in [-0.1, -0.05) is 0 Å². The number of rotatable bonds is 2. The summed E-state index contributed by atoms with van der Waals surface area (Å²) in [5.74, 6) is -1.34. The maximum absolute atomic E-state index is 12.2. The van der Waals surface area contributed by atoms with Gasteiger partial charge in [-0.2, -0.15) is 8.78 Å². The van der Waals surface area contributed by atoms with Crippen molar-refractivity contribution in [3.63, 3.8) is 0 Å². The molecule has 0 fully saturated rings. The summed E-state index contributed by atoms with van der Waals surface area (Å²) in [7, 11) is 0. The summed E-state index contributed by atoms with van der Waals surface area (Å²) in [6.07, 6.45) is 0. The van der Waals surface area contributed by atoms with E-state index in [0.717, 1.165) is 6.07 Å². The molecule has 0 atom stereocenters. The molecule has 66 valence electrons. The van der Waals surface area contributed by atoms with Crippen molar-refractivity contribution in [2.45, 2.75) is 13.5 Å². The Morgan fingerprint density at radius 2 is 2.17 bits per heavy atom. The van der Waals surface area contributed by atoms with Gasteiger partial charge in [-0.05, 0) is 19.1 Å². The fraction of sp³-hybridized carbons (Fsp3) is 0.286. The molecule has 1 aromatic rings. The Morgan fingerprint density at radius 3 is 2.50 bits per heavy atom. The average Bonchev–Trinajstić information content (AvgIpc) is 2.30. The molecule has 0 radical (unpaired) electrons. The first-order valence-corrected chi connectivity index (χ1v) is 3.23. The highest BCUT2D eigenvalue weighted by atomic mass is 19.3. The molecule has 0 aliphatic rings. The van der Waals surface area contributed by atoms with Crippen LogP contribution in [0, 0.1) is 6.92 Å². The van der Waals surface area contributed by atoms with Crippen LogP contribution in [-0.4, -0.2) is 15.6 Å². The van der Waals surface area contributed by atoms with Crippen LogP contribution in [0.1, 0.15) is 22.7 Å². The molecule has 3 nitrogen and oxygen atoms in total. The molecular formula is C7H7F2NO2. The smallest absolute Gasteiger partial charge is 0.352 e. The lowest BCUT2D eigenvalue weighted by Gasteiger charge is -2.06. The molecule has 1 aromatic heterocycles. The molecule has 1 N–H and O–H groups in total. The quantitative estimate of drug-likeness (QED) is 0.745. The zero-order chi connectivity index (χ0) is 9.30. The molecule has 1 heterocycles. The molecule has 5 heteroatoms. The molecule has 0 aliphatic carbocycles. The molecular weight excluding hydrogens is 168 g/mol. The van der Waals surface area contributed by atoms with Crippen molar-refractivity contribution < 1.29 is 18.7 Å². The Bertz CT molecular complexity index is 306. The lowest BCUT2D eigenvalue weighted by Crippen LogP contribution is -2.10. The number of nitrogens with zero attached hydrogens (tertiary/aromatic N) is 1. The van der Waals surface area contributed by atoms with Gasteiger partial charge in [0.1, 0.15) is 5.69 Å². The Hall–Kier alpha value is -1.39. The monoisotopic (exact) mass is 175 g/mol. The number of aromatic carboxylic acids is 1. The molecule has 0 unspecified atom stereocenters. The van der Waals surface area contributed by atoms with Gasteiger partial charge in [0.15, 0.2) is 0 Å². The topological polar surface area (TPSA) is 42.2 Å². The number of aromatic nitrogens is 1. The summed E-state index contributed by atoms with van der Waals surface area (Å²) in [6, 6.07) is 2.50. The Labute approximate surface area is 67.2 Å². The van der Waals surface area contributed by atoms with Crippen molar-refractivity contribution in [2.75, 3.05) is 0 Å². The summed E-state index contributed by atoms with van der Waals surface area (Å²) >= 11 is 0. The van der Waals surface area contributed by atoms with E-state index in [4.69, 9.17) is 5.11 Å². The summed E-state index contributed by atoms with van der Waals surface area (Å²) < 4.78 is 24.8. The highest BCUT2D eigenvalue weighted by Gasteiger charge is 2.17. The second kappa shape index (κ2) is 2.92. The minimum atomic E-state index is -2.80. The molecule has 0 aliphatic heterocycles. The van der Waals surface area contributed by atoms with Gasteiger partial charge in [-0.15, -0.1) is 0 Å². The number of aryl methyl sites for hydroxylation is 1. The van der Waals surface area contributed by atoms with Crippen LogP contribution < -0.4 is 0 Å². The number of hydrogen-bond acceptors (Lipinski definition) is 1. The lowest BCUT2D eigenvalue weighted by atomic mass is 10.4. The molecule has 12 heavy (non-hydrogen) atoms. The van der Waals surface area contributed by atoms with Gasteiger partial charge < -0.3 is 5.11 Å². The molecule has 0 spiro atoms. The van der Waals surface area contributed by atoms with Crippen LogP contribution in [0.3, 0.4) is 0 Å². The average molecular weight is 175 g/mol. The Morgan fingerprint density at radius 1 is 1.58 bits per heavy atom. The van der Waals surface area contributed by atoms with Crippen molar-refractivity contribution in [2.24, 2.45) is 0 Å². The summed E-state index contributed by atoms with van der Waals surface area (Å²) in [5, 5.41) is 8.47. The Balaban J connectivity index is 3.21. The van der Waals surface area contributed by atoms with Crippen LogP contribution >= 0.6 is 0 Å². The van der Waals surface area contributed by atoms with E-state index in [9.17, 15) is 13.6 Å². The van der Waals surface area contributed by atoms with E-state index in [1.807, 2.05) is 0 Å². The second-order valence-electron chi connectivity index (χ2n) is 2.31. The van der Waals surface area contributed by atoms with Crippen LogP contribution in [0.25, 0.3) is 0 Å². The van der Waals surface area contributed by atoms with Gasteiger partial charge in [-0.25, -0.2) is 4.79 Å². The predicted molar refractivity (Wildman–Crippen MR) is 37.4 cm³/mol. The van der Waals surface area contributed by atoms with Crippen LogP contribution in [-0.2, 0) is 0 Å². The zero-order valence-corrected chi connectivity index (χ0v) is 6.29. The first kappa shape index (κ1) is 8.70. The van der Waals surface area contributed by atoms with Gasteiger partial charge in [0.25, 0.3) is 0 Å². The van der Waals surface area contributed by atoms with Gasteiger partial charge in [0.05, 0.1) is 0 Å². The van der Waals surface area contributed by atoms with E-state index in [2.05, 4.69) is 0 Å². The van der Waals surface area contributed by atoms with E-state index in [-0.39, 0.29) is 11.4 Å². The van der Waals surface area contributed by atoms with Crippen LogP contribution in [0.5, 0.6) is 0 Å². The van der Waals surface area contributed by atoms with Gasteiger partial charge in [0, 0.05) is 5.69 Å². The third kappa shape index (κ3) is 1.30. The first-order chi connectivity index (χ1) is 5.54. The minimum absolute atomic E-state index is 0.238. The van der Waals surface area contributed by atoms with Gasteiger partial charge in [-0.3, -0.25) is 4.57 Å². The van der Waals surface area contributed by atoms with E-state index in [0.29, 0.717) is 4.57 Å². The molecule has 0 saturated carbocycles. The predicted octanol–water partition coefficient (Wildman–Crippen LogP) is 1.89. The highest BCUT2D eigenvalue weighted by Crippen LogP contribution is 2.18. The van der Waals surface area contributed by atoms with Crippen molar-refractivity contribution in [1.82, 2.24) is 4.57 Å². The number of hydrogen-bond donors (Lipinski definition) is 1. The fourth-order valence-electron chi connectivity index (χ4n) is 0.984. The van der Waals surface area contributed by atoms with Gasteiger partial charge >= 0.3 is 12.5 Å². The van der Waals surface area contributed by atoms with Crippen molar-refractivity contribution >= 4 is 5.97 Å². The standard InChI is InChI=1S/C7H7F2NO2/c1-4-2-3-5(6(11)12)10(4)7(8)9/h2-3,7H,1H3,(H,11,12). The molecule has 0 aromatic carbocycles. The number of carboxylic acid groups (broad SMARTS) is 1. The van der Waals surface area contributed by atoms with Crippen molar-refractivity contribution in [3.05, 3.63) is 23.5 Å². The number of halogens is 2. The largest absolute Gasteiger partial charge is 0.477 e. The molecule has 0 saturated heterocycles. The van der Waals surface area contributed by atoms with Crippen molar-refractivity contribution in [3.8, 4) is 0 Å². The molecule has 1 rings (SSSR count). The third-order valence-corrected chi connectivity index (χ3v) is 1.54. The van der Waals surface area contributed by atoms with Crippen molar-refractivity contribution in [1.29, 1.82) is 0 Å². The second-order valence-corrected chi connectivity index (χ2v) is 2.31. The zero-order valence-electron chi connectivity index (χ0n) is 6.29. The van der Waals surface area contributed by atoms with E-state index < -0.39 is 12.5 Å². The van der Waals surface area contributed by atoms with Gasteiger partial charge in [0.2, 0.25) is 0 Å². The van der Waals surface area contributed by atoms with Crippen LogP contribution in [0.2, 0.25) is 0 Å². The maximum Gasteiger partial charge on any atom is 0.352 e. The summed E-state index contributed by atoms with van der Waals surface area (Å²) in [4.78, 5) is 10.4. The molecule has 0 bridgehead atoms. The third-order valence-electron chi connectivity index (χ3n) is 1.54. The fourth-order valence-corrected chi connectivity index (χ4v) is 0.984. The van der Waals surface area contributed by atoms with Crippen LogP contribution in [0.15, 0.2) is 12.1 Å². The SMILES string of the molecule is Cc1ccc(C(=O)O)n1C(F)F.